The minimum atomic E-state index is -3.23. The summed E-state index contributed by atoms with van der Waals surface area (Å²) in [6.45, 7) is 3.67. The third-order valence-corrected chi connectivity index (χ3v) is 5.05. The first-order valence-corrected chi connectivity index (χ1v) is 10.0. The highest BCUT2D eigenvalue weighted by Crippen LogP contribution is 2.23. The Balaban J connectivity index is 2.12. The summed E-state index contributed by atoms with van der Waals surface area (Å²) in [5.74, 6) is 0.160. The first kappa shape index (κ1) is 19.6. The van der Waals surface area contributed by atoms with Gasteiger partial charge in [-0.1, -0.05) is 0 Å². The van der Waals surface area contributed by atoms with Crippen LogP contribution in [0.2, 0.25) is 0 Å². The third-order valence-electron chi connectivity index (χ3n) is 4.32. The standard InChI is InChI=1S/C16H25N3O5S/c1-12-13(6-8-18-25(3,21)22)11-24-10-9-19(12)16(20)14-5-4-7-17-15(14)23-2/h4-5,7,12-13,18H,6,8-11H2,1-3H3/t12-,13+/m1/s1. The molecule has 25 heavy (non-hydrogen) atoms. The molecule has 0 saturated carbocycles. The molecule has 1 aliphatic rings. The molecule has 140 valence electrons. The number of hydrogen-bond acceptors (Lipinski definition) is 6. The molecule has 1 aliphatic heterocycles. The van der Waals surface area contributed by atoms with E-state index in [0.717, 1.165) is 6.26 Å². The number of nitrogens with one attached hydrogen (secondary N) is 1. The number of aromatic nitrogens is 1. The Bertz CT molecular complexity index is 695. The zero-order valence-corrected chi connectivity index (χ0v) is 15.6. The van der Waals surface area contributed by atoms with Crippen molar-refractivity contribution in [3.8, 4) is 5.88 Å². The number of carbonyl (C=O) groups excluding carboxylic acids is 1. The monoisotopic (exact) mass is 371 g/mol. The number of methoxy groups -OCH3 is 1. The highest BCUT2D eigenvalue weighted by atomic mass is 32.2. The number of carbonyl (C=O) groups is 1. The smallest absolute Gasteiger partial charge is 0.259 e. The summed E-state index contributed by atoms with van der Waals surface area (Å²) >= 11 is 0. The molecule has 0 bridgehead atoms. The second kappa shape index (κ2) is 8.59. The predicted octanol–water partition coefficient (Wildman–Crippen LogP) is 0.507. The second-order valence-corrected chi connectivity index (χ2v) is 7.92. The lowest BCUT2D eigenvalue weighted by atomic mass is 9.96. The van der Waals surface area contributed by atoms with Crippen LogP contribution in [-0.4, -0.2) is 69.9 Å². The van der Waals surface area contributed by atoms with Crippen molar-refractivity contribution in [2.45, 2.75) is 19.4 Å². The van der Waals surface area contributed by atoms with Crippen LogP contribution in [0.5, 0.6) is 5.88 Å². The molecule has 0 unspecified atom stereocenters. The minimum Gasteiger partial charge on any atom is -0.480 e. The Morgan fingerprint density at radius 2 is 2.28 bits per heavy atom. The van der Waals surface area contributed by atoms with Crippen molar-refractivity contribution in [3.63, 3.8) is 0 Å². The van der Waals surface area contributed by atoms with Crippen LogP contribution in [0.15, 0.2) is 18.3 Å². The number of ether oxygens (including phenoxy) is 2. The summed E-state index contributed by atoms with van der Waals surface area (Å²) in [6.07, 6.45) is 3.29. The van der Waals surface area contributed by atoms with E-state index in [-0.39, 0.29) is 17.9 Å². The maximum Gasteiger partial charge on any atom is 0.259 e. The van der Waals surface area contributed by atoms with Crippen molar-refractivity contribution < 1.29 is 22.7 Å². The zero-order valence-electron chi connectivity index (χ0n) is 14.8. The van der Waals surface area contributed by atoms with Crippen LogP contribution in [-0.2, 0) is 14.8 Å². The Morgan fingerprint density at radius 1 is 1.52 bits per heavy atom. The number of pyridine rings is 1. The van der Waals surface area contributed by atoms with E-state index in [1.54, 1.807) is 23.2 Å². The molecule has 2 atom stereocenters. The van der Waals surface area contributed by atoms with Crippen molar-refractivity contribution in [3.05, 3.63) is 23.9 Å². The van der Waals surface area contributed by atoms with Crippen LogP contribution >= 0.6 is 0 Å². The fourth-order valence-corrected chi connectivity index (χ4v) is 3.40. The maximum absolute atomic E-state index is 13.0. The molecule has 0 spiro atoms. The fraction of sp³-hybridized carbons (Fsp3) is 0.625. The average Bonchev–Trinajstić information content (AvgIpc) is 2.75. The van der Waals surface area contributed by atoms with Gasteiger partial charge in [0.1, 0.15) is 5.56 Å². The Morgan fingerprint density at radius 3 is 2.96 bits per heavy atom. The van der Waals surface area contributed by atoms with Gasteiger partial charge in [0.05, 0.1) is 26.6 Å². The van der Waals surface area contributed by atoms with Gasteiger partial charge in [-0.2, -0.15) is 0 Å². The second-order valence-electron chi connectivity index (χ2n) is 6.09. The number of sulfonamides is 1. The fourth-order valence-electron chi connectivity index (χ4n) is 2.91. The highest BCUT2D eigenvalue weighted by Gasteiger charge is 2.31. The van der Waals surface area contributed by atoms with Crippen LogP contribution < -0.4 is 9.46 Å². The SMILES string of the molecule is COc1ncccc1C(=O)N1CCOC[C@H](CCNS(C)(=O)=O)[C@H]1C. The first-order chi connectivity index (χ1) is 11.8. The van der Waals surface area contributed by atoms with Gasteiger partial charge in [0.25, 0.3) is 5.91 Å². The molecule has 1 fully saturated rings. The molecule has 2 rings (SSSR count). The van der Waals surface area contributed by atoms with Crippen LogP contribution in [0.1, 0.15) is 23.7 Å². The molecular formula is C16H25N3O5S. The van der Waals surface area contributed by atoms with Crippen LogP contribution in [0, 0.1) is 5.92 Å². The van der Waals surface area contributed by atoms with E-state index in [4.69, 9.17) is 9.47 Å². The van der Waals surface area contributed by atoms with Gasteiger partial charge in [-0.05, 0) is 25.5 Å². The topological polar surface area (TPSA) is 97.8 Å². The highest BCUT2D eigenvalue weighted by molar-refractivity contribution is 7.88. The van der Waals surface area contributed by atoms with E-state index in [1.807, 2.05) is 6.92 Å². The van der Waals surface area contributed by atoms with Gasteiger partial charge in [0.2, 0.25) is 15.9 Å². The molecular weight excluding hydrogens is 346 g/mol. The van der Waals surface area contributed by atoms with Gasteiger partial charge in [-0.15, -0.1) is 0 Å². The zero-order chi connectivity index (χ0) is 18.4. The van der Waals surface area contributed by atoms with E-state index < -0.39 is 10.0 Å². The van der Waals surface area contributed by atoms with Crippen molar-refractivity contribution in [1.82, 2.24) is 14.6 Å². The predicted molar refractivity (Wildman–Crippen MR) is 93.1 cm³/mol. The molecule has 1 aromatic heterocycles. The molecule has 1 amide bonds. The number of rotatable bonds is 6. The van der Waals surface area contributed by atoms with E-state index in [1.165, 1.54) is 7.11 Å². The molecule has 9 heteroatoms. The van der Waals surface area contributed by atoms with Crippen molar-refractivity contribution in [2.24, 2.45) is 5.92 Å². The number of nitrogens with zero attached hydrogens (tertiary/aromatic N) is 2. The van der Waals surface area contributed by atoms with Gasteiger partial charge < -0.3 is 14.4 Å². The molecule has 0 aliphatic carbocycles. The lowest BCUT2D eigenvalue weighted by molar-refractivity contribution is 0.0654. The van der Waals surface area contributed by atoms with Gasteiger partial charge >= 0.3 is 0 Å². The normalized spacial score (nSPS) is 21.6. The van der Waals surface area contributed by atoms with Crippen LogP contribution in [0.25, 0.3) is 0 Å². The van der Waals surface area contributed by atoms with E-state index in [0.29, 0.717) is 44.2 Å². The number of amides is 1. The largest absolute Gasteiger partial charge is 0.480 e. The molecule has 1 aromatic rings. The average molecular weight is 371 g/mol. The van der Waals surface area contributed by atoms with E-state index in [2.05, 4.69) is 9.71 Å². The first-order valence-electron chi connectivity index (χ1n) is 8.16. The Kier molecular flexibility index (Phi) is 6.74. The summed E-state index contributed by atoms with van der Waals surface area (Å²) in [5, 5.41) is 0. The summed E-state index contributed by atoms with van der Waals surface area (Å²) in [7, 11) is -1.75. The molecule has 8 nitrogen and oxygen atoms in total. The molecule has 1 N–H and O–H groups in total. The van der Waals surface area contributed by atoms with Gasteiger partial charge in [-0.25, -0.2) is 18.1 Å². The number of hydrogen-bond donors (Lipinski definition) is 1. The summed E-state index contributed by atoms with van der Waals surface area (Å²) in [4.78, 5) is 18.8. The lowest BCUT2D eigenvalue weighted by Gasteiger charge is -2.32. The molecule has 1 saturated heterocycles. The Labute approximate surface area is 148 Å². The van der Waals surface area contributed by atoms with Gasteiger partial charge in [0, 0.05) is 31.2 Å². The van der Waals surface area contributed by atoms with E-state index >= 15 is 0 Å². The molecule has 2 heterocycles. The third kappa shape index (κ3) is 5.38. The van der Waals surface area contributed by atoms with Crippen LogP contribution in [0.3, 0.4) is 0 Å². The molecule has 0 aromatic carbocycles. The van der Waals surface area contributed by atoms with Crippen molar-refractivity contribution >= 4 is 15.9 Å². The van der Waals surface area contributed by atoms with Crippen molar-refractivity contribution in [1.29, 1.82) is 0 Å². The minimum absolute atomic E-state index is 0.0309. The van der Waals surface area contributed by atoms with E-state index in [9.17, 15) is 13.2 Å². The maximum atomic E-state index is 13.0. The quantitative estimate of drug-likeness (QED) is 0.782. The van der Waals surface area contributed by atoms with Crippen LogP contribution in [0.4, 0.5) is 0 Å². The Hall–Kier alpha value is -1.71. The lowest BCUT2D eigenvalue weighted by Crippen LogP contribution is -2.44. The van der Waals surface area contributed by atoms with Gasteiger partial charge in [0.15, 0.2) is 0 Å². The summed E-state index contributed by atoms with van der Waals surface area (Å²) in [5.41, 5.74) is 0.409. The summed E-state index contributed by atoms with van der Waals surface area (Å²) < 4.78 is 35.7. The van der Waals surface area contributed by atoms with Crippen molar-refractivity contribution in [2.75, 3.05) is 39.7 Å². The molecule has 0 radical (unpaired) electrons. The van der Waals surface area contributed by atoms with Gasteiger partial charge in [-0.3, -0.25) is 4.79 Å². The summed E-state index contributed by atoms with van der Waals surface area (Å²) in [6, 6.07) is 3.29.